The summed E-state index contributed by atoms with van der Waals surface area (Å²) in [5, 5.41) is 7.13. The molecule has 0 unspecified atom stereocenters. The van der Waals surface area contributed by atoms with Gasteiger partial charge in [-0.1, -0.05) is 13.8 Å². The highest BCUT2D eigenvalue weighted by Gasteiger charge is 2.18. The van der Waals surface area contributed by atoms with Gasteiger partial charge in [0.25, 0.3) is 5.91 Å². The molecule has 0 spiro atoms. The van der Waals surface area contributed by atoms with E-state index < -0.39 is 0 Å². The molecule has 0 radical (unpaired) electrons. The summed E-state index contributed by atoms with van der Waals surface area (Å²) in [6, 6.07) is 5.89. The zero-order chi connectivity index (χ0) is 16.8. The van der Waals surface area contributed by atoms with E-state index in [1.807, 2.05) is 6.92 Å². The summed E-state index contributed by atoms with van der Waals surface area (Å²) in [6.07, 6.45) is 2.53. The Morgan fingerprint density at radius 2 is 2.04 bits per heavy atom. The fraction of sp³-hybridized carbons (Fsp3) is 0.412. The van der Waals surface area contributed by atoms with Gasteiger partial charge >= 0.3 is 0 Å². The van der Waals surface area contributed by atoms with Crippen molar-refractivity contribution in [2.75, 3.05) is 13.2 Å². The van der Waals surface area contributed by atoms with Crippen LogP contribution in [-0.2, 0) is 0 Å². The number of hydrogen-bond acceptors (Lipinski definition) is 3. The molecular formula is C17H22FN3O2. The Labute approximate surface area is 135 Å². The number of hydrogen-bond donors (Lipinski definition) is 1. The Balaban J connectivity index is 2.20. The minimum atomic E-state index is -0.322. The maximum absolute atomic E-state index is 13.0. The van der Waals surface area contributed by atoms with Gasteiger partial charge in [-0.3, -0.25) is 4.79 Å². The number of aromatic nitrogens is 2. The number of amides is 1. The molecule has 1 N–H and O–H groups in total. The molecule has 23 heavy (non-hydrogen) atoms. The van der Waals surface area contributed by atoms with E-state index in [-0.39, 0.29) is 17.4 Å². The van der Waals surface area contributed by atoms with Crippen molar-refractivity contribution in [3.8, 4) is 11.4 Å². The zero-order valence-electron chi connectivity index (χ0n) is 13.7. The number of halogens is 1. The lowest BCUT2D eigenvalue weighted by Crippen LogP contribution is -2.26. The van der Waals surface area contributed by atoms with Gasteiger partial charge < -0.3 is 10.1 Å². The third-order valence-corrected chi connectivity index (χ3v) is 3.29. The van der Waals surface area contributed by atoms with Crippen LogP contribution in [0.1, 0.15) is 37.7 Å². The summed E-state index contributed by atoms with van der Waals surface area (Å²) in [4.78, 5) is 12.3. The normalized spacial score (nSPS) is 10.8. The lowest BCUT2D eigenvalue weighted by Gasteiger charge is -2.07. The van der Waals surface area contributed by atoms with Crippen molar-refractivity contribution >= 4 is 5.91 Å². The Kier molecular flexibility index (Phi) is 5.73. The highest BCUT2D eigenvalue weighted by Crippen LogP contribution is 2.20. The molecule has 5 nitrogen and oxygen atoms in total. The van der Waals surface area contributed by atoms with Gasteiger partial charge in [-0.25, -0.2) is 9.07 Å². The first-order valence-electron chi connectivity index (χ1n) is 7.77. The molecule has 0 atom stereocenters. The quantitative estimate of drug-likeness (QED) is 0.853. The number of carbonyl (C=O) groups excluding carboxylic acids is 1. The fourth-order valence-electron chi connectivity index (χ4n) is 2.06. The molecule has 0 aliphatic rings. The lowest BCUT2D eigenvalue weighted by molar-refractivity contribution is 0.0943. The summed E-state index contributed by atoms with van der Waals surface area (Å²) < 4.78 is 20.0. The summed E-state index contributed by atoms with van der Waals surface area (Å²) in [7, 11) is 0. The fourth-order valence-corrected chi connectivity index (χ4v) is 2.06. The average Bonchev–Trinajstić information content (AvgIpc) is 2.92. The van der Waals surface area contributed by atoms with Crippen LogP contribution in [0.15, 0.2) is 30.5 Å². The SMILES string of the molecule is CCOc1cn(-c2ccc(F)cc2)nc1C(=O)NCCC(C)C. The third kappa shape index (κ3) is 4.55. The van der Waals surface area contributed by atoms with Crippen LogP contribution in [0.25, 0.3) is 5.69 Å². The van der Waals surface area contributed by atoms with E-state index in [0.717, 1.165) is 6.42 Å². The van der Waals surface area contributed by atoms with E-state index in [1.165, 1.54) is 16.8 Å². The van der Waals surface area contributed by atoms with Crippen molar-refractivity contribution in [3.05, 3.63) is 42.0 Å². The molecule has 0 aliphatic carbocycles. The van der Waals surface area contributed by atoms with Crippen LogP contribution >= 0.6 is 0 Å². The van der Waals surface area contributed by atoms with Crippen molar-refractivity contribution in [1.29, 1.82) is 0 Å². The van der Waals surface area contributed by atoms with Gasteiger partial charge in [-0.15, -0.1) is 0 Å². The van der Waals surface area contributed by atoms with Crippen molar-refractivity contribution in [1.82, 2.24) is 15.1 Å². The van der Waals surface area contributed by atoms with Gasteiger partial charge in [0.1, 0.15) is 5.82 Å². The molecule has 0 fully saturated rings. The first kappa shape index (κ1) is 17.0. The maximum atomic E-state index is 13.0. The Bertz CT molecular complexity index is 650. The molecule has 1 aromatic heterocycles. The molecule has 0 saturated carbocycles. The van der Waals surface area contributed by atoms with Crippen LogP contribution in [0.2, 0.25) is 0 Å². The predicted molar refractivity (Wildman–Crippen MR) is 86.5 cm³/mol. The number of nitrogens with one attached hydrogen (secondary N) is 1. The summed E-state index contributed by atoms with van der Waals surface area (Å²) in [6.45, 7) is 7.06. The zero-order valence-corrected chi connectivity index (χ0v) is 13.7. The van der Waals surface area contributed by atoms with Gasteiger partial charge in [0.15, 0.2) is 11.4 Å². The summed E-state index contributed by atoms with van der Waals surface area (Å²) in [5.41, 5.74) is 0.897. The first-order valence-corrected chi connectivity index (χ1v) is 7.77. The molecule has 0 saturated heterocycles. The van der Waals surface area contributed by atoms with Crippen molar-refractivity contribution in [2.45, 2.75) is 27.2 Å². The van der Waals surface area contributed by atoms with Crippen LogP contribution in [0.3, 0.4) is 0 Å². The second-order valence-electron chi connectivity index (χ2n) is 5.63. The standard InChI is InChI=1S/C17H22FN3O2/c1-4-23-15-11-21(14-7-5-13(18)6-8-14)20-16(15)17(22)19-10-9-12(2)3/h5-8,11-12H,4,9-10H2,1-3H3,(H,19,22). The van der Waals surface area contributed by atoms with E-state index >= 15 is 0 Å². The number of benzene rings is 1. The molecule has 124 valence electrons. The van der Waals surface area contributed by atoms with Gasteiger partial charge in [-0.2, -0.15) is 5.10 Å². The topological polar surface area (TPSA) is 56.2 Å². The first-order chi connectivity index (χ1) is 11.0. The number of carbonyl (C=O) groups is 1. The van der Waals surface area contributed by atoms with Crippen molar-refractivity contribution in [2.24, 2.45) is 5.92 Å². The second-order valence-corrected chi connectivity index (χ2v) is 5.63. The van der Waals surface area contributed by atoms with Gasteiger partial charge in [0, 0.05) is 6.54 Å². The smallest absolute Gasteiger partial charge is 0.275 e. The Morgan fingerprint density at radius 3 is 2.65 bits per heavy atom. The van der Waals surface area contributed by atoms with Crippen LogP contribution in [-0.4, -0.2) is 28.8 Å². The molecule has 0 aliphatic heterocycles. The van der Waals surface area contributed by atoms with Crippen molar-refractivity contribution < 1.29 is 13.9 Å². The van der Waals surface area contributed by atoms with E-state index in [1.54, 1.807) is 18.3 Å². The van der Waals surface area contributed by atoms with Crippen LogP contribution < -0.4 is 10.1 Å². The summed E-state index contributed by atoms with van der Waals surface area (Å²) in [5.74, 6) is 0.338. The predicted octanol–water partition coefficient (Wildman–Crippen LogP) is 3.19. The Morgan fingerprint density at radius 1 is 1.35 bits per heavy atom. The van der Waals surface area contributed by atoms with Crippen LogP contribution in [0, 0.1) is 11.7 Å². The van der Waals surface area contributed by atoms with Crippen LogP contribution in [0.4, 0.5) is 4.39 Å². The molecule has 0 bridgehead atoms. The van der Waals surface area contributed by atoms with Crippen molar-refractivity contribution in [3.63, 3.8) is 0 Å². The number of ether oxygens (including phenoxy) is 1. The van der Waals surface area contributed by atoms with Gasteiger partial charge in [0.05, 0.1) is 18.5 Å². The highest BCUT2D eigenvalue weighted by atomic mass is 19.1. The molecule has 1 heterocycles. The monoisotopic (exact) mass is 319 g/mol. The Hall–Kier alpha value is -2.37. The van der Waals surface area contributed by atoms with Crippen LogP contribution in [0.5, 0.6) is 5.75 Å². The molecule has 1 aromatic carbocycles. The van der Waals surface area contributed by atoms with E-state index in [2.05, 4.69) is 24.3 Å². The average molecular weight is 319 g/mol. The molecular weight excluding hydrogens is 297 g/mol. The number of rotatable bonds is 7. The largest absolute Gasteiger partial charge is 0.490 e. The third-order valence-electron chi connectivity index (χ3n) is 3.29. The van der Waals surface area contributed by atoms with E-state index in [9.17, 15) is 9.18 Å². The minimum Gasteiger partial charge on any atom is -0.490 e. The summed E-state index contributed by atoms with van der Waals surface area (Å²) >= 11 is 0. The van der Waals surface area contributed by atoms with Gasteiger partial charge in [0.2, 0.25) is 0 Å². The lowest BCUT2D eigenvalue weighted by atomic mass is 10.1. The molecule has 2 rings (SSSR count). The van der Waals surface area contributed by atoms with E-state index in [0.29, 0.717) is 30.5 Å². The van der Waals surface area contributed by atoms with E-state index in [4.69, 9.17) is 4.74 Å². The molecule has 2 aromatic rings. The molecule has 1 amide bonds. The number of nitrogens with zero attached hydrogens (tertiary/aromatic N) is 2. The highest BCUT2D eigenvalue weighted by molar-refractivity contribution is 5.94. The second kappa shape index (κ2) is 7.76. The maximum Gasteiger partial charge on any atom is 0.275 e. The van der Waals surface area contributed by atoms with Gasteiger partial charge in [-0.05, 0) is 43.5 Å². The molecule has 6 heteroatoms. The minimum absolute atomic E-state index is 0.236.